The van der Waals surface area contributed by atoms with Crippen LogP contribution in [0, 0.1) is 0 Å². The second kappa shape index (κ2) is 5.17. The number of hydrogen-bond donors (Lipinski definition) is 1. The smallest absolute Gasteiger partial charge is 0.120 e. The monoisotopic (exact) mass is 247 g/mol. The van der Waals surface area contributed by atoms with Gasteiger partial charge in [0.1, 0.15) is 5.72 Å². The number of rotatable bonds is 2. The van der Waals surface area contributed by atoms with Gasteiger partial charge in [-0.25, -0.2) is 0 Å². The third-order valence-corrected chi connectivity index (χ3v) is 2.69. The summed E-state index contributed by atoms with van der Waals surface area (Å²) in [6.45, 7) is 3.79. The van der Waals surface area contributed by atoms with E-state index in [-0.39, 0.29) is 18.1 Å². The van der Waals surface area contributed by atoms with Crippen LogP contribution in [0.2, 0.25) is 5.02 Å². The molecule has 0 amide bonds. The largest absolute Gasteiger partial charge is 0.359 e. The summed E-state index contributed by atoms with van der Waals surface area (Å²) in [4.78, 5) is 0. The van der Waals surface area contributed by atoms with Crippen LogP contribution >= 0.6 is 24.0 Å². The highest BCUT2D eigenvalue weighted by Gasteiger charge is 2.28. The van der Waals surface area contributed by atoms with E-state index in [1.165, 1.54) is 5.56 Å². The Morgan fingerprint density at radius 2 is 2.33 bits per heavy atom. The molecule has 2 nitrogen and oxygen atoms in total. The Kier molecular flexibility index (Phi) is 4.41. The van der Waals surface area contributed by atoms with Gasteiger partial charge in [0.05, 0.1) is 6.61 Å². The Labute approximate surface area is 101 Å². The van der Waals surface area contributed by atoms with Gasteiger partial charge in [-0.1, -0.05) is 23.7 Å². The highest BCUT2D eigenvalue weighted by molar-refractivity contribution is 6.30. The minimum atomic E-state index is -0.218. The molecule has 0 bridgehead atoms. The van der Waals surface area contributed by atoms with Crippen LogP contribution in [0.15, 0.2) is 24.3 Å². The molecule has 1 N–H and O–H groups in total. The van der Waals surface area contributed by atoms with Gasteiger partial charge in [-0.2, -0.15) is 0 Å². The molecule has 1 atom stereocenters. The predicted octanol–water partition coefficient (Wildman–Crippen LogP) is 2.64. The molecule has 0 spiro atoms. The molecule has 4 heteroatoms. The van der Waals surface area contributed by atoms with Gasteiger partial charge in [0.25, 0.3) is 0 Å². The number of nitrogens with one attached hydrogen (secondary N) is 1. The van der Waals surface area contributed by atoms with Crippen molar-refractivity contribution in [2.45, 2.75) is 19.1 Å². The topological polar surface area (TPSA) is 21.3 Å². The van der Waals surface area contributed by atoms with Crippen LogP contribution in [0.4, 0.5) is 0 Å². The van der Waals surface area contributed by atoms with E-state index in [1.807, 2.05) is 18.2 Å². The lowest BCUT2D eigenvalue weighted by Crippen LogP contribution is -2.39. The third kappa shape index (κ3) is 3.35. The molecule has 1 saturated heterocycles. The van der Waals surface area contributed by atoms with E-state index in [9.17, 15) is 0 Å². The first kappa shape index (κ1) is 12.8. The molecule has 1 aliphatic heterocycles. The van der Waals surface area contributed by atoms with Crippen LogP contribution in [0.5, 0.6) is 0 Å². The Morgan fingerprint density at radius 1 is 1.53 bits per heavy atom. The summed E-state index contributed by atoms with van der Waals surface area (Å²) in [7, 11) is 0. The fourth-order valence-electron chi connectivity index (χ4n) is 1.79. The Hall–Kier alpha value is -0.280. The van der Waals surface area contributed by atoms with Crippen molar-refractivity contribution in [3.63, 3.8) is 0 Å². The van der Waals surface area contributed by atoms with Crippen molar-refractivity contribution < 1.29 is 4.74 Å². The van der Waals surface area contributed by atoms with E-state index in [1.54, 1.807) is 0 Å². The molecule has 1 heterocycles. The summed E-state index contributed by atoms with van der Waals surface area (Å²) in [5.41, 5.74) is 0.986. The highest BCUT2D eigenvalue weighted by Crippen LogP contribution is 2.20. The number of hydrogen-bond acceptors (Lipinski definition) is 2. The molecule has 84 valence electrons. The number of ether oxygens (including phenoxy) is 1. The highest BCUT2D eigenvalue weighted by atomic mass is 35.5. The molecule has 1 aromatic rings. The summed E-state index contributed by atoms with van der Waals surface area (Å²) in [6, 6.07) is 7.91. The maximum atomic E-state index is 5.91. The van der Waals surface area contributed by atoms with Gasteiger partial charge in [-0.05, 0) is 24.6 Å². The van der Waals surface area contributed by atoms with Crippen molar-refractivity contribution in [3.8, 4) is 0 Å². The molecular formula is C11H15Cl2NO. The van der Waals surface area contributed by atoms with E-state index in [2.05, 4.69) is 18.3 Å². The van der Waals surface area contributed by atoms with Crippen molar-refractivity contribution in [2.24, 2.45) is 0 Å². The zero-order valence-electron chi connectivity index (χ0n) is 8.63. The quantitative estimate of drug-likeness (QED) is 0.868. The average molecular weight is 248 g/mol. The second-order valence-corrected chi connectivity index (χ2v) is 4.25. The lowest BCUT2D eigenvalue weighted by atomic mass is 10.0. The van der Waals surface area contributed by atoms with Crippen molar-refractivity contribution >= 4 is 24.0 Å². The lowest BCUT2D eigenvalue weighted by Gasteiger charge is -2.23. The molecule has 0 aromatic heterocycles. The average Bonchev–Trinajstić information content (AvgIpc) is 2.51. The van der Waals surface area contributed by atoms with Crippen LogP contribution in [0.3, 0.4) is 0 Å². The van der Waals surface area contributed by atoms with Crippen LogP contribution in [-0.4, -0.2) is 18.9 Å². The molecule has 15 heavy (non-hydrogen) atoms. The van der Waals surface area contributed by atoms with Gasteiger partial charge in [-0.3, -0.25) is 5.32 Å². The molecule has 0 aliphatic carbocycles. The normalized spacial score (nSPS) is 24.9. The maximum Gasteiger partial charge on any atom is 0.120 e. The van der Waals surface area contributed by atoms with Crippen LogP contribution in [0.1, 0.15) is 12.5 Å². The molecule has 1 unspecified atom stereocenters. The fourth-order valence-corrected chi connectivity index (χ4v) is 2.01. The number of benzene rings is 1. The molecule has 1 fully saturated rings. The fraction of sp³-hybridized carbons (Fsp3) is 0.455. The predicted molar refractivity (Wildman–Crippen MR) is 64.8 cm³/mol. The van der Waals surface area contributed by atoms with Gasteiger partial charge >= 0.3 is 0 Å². The van der Waals surface area contributed by atoms with E-state index in [0.29, 0.717) is 0 Å². The first-order valence-corrected chi connectivity index (χ1v) is 5.19. The number of halogens is 2. The standard InChI is InChI=1S/C11H14ClNO.ClH/c1-11(13-5-6-14-11)8-9-3-2-4-10(12)7-9;/h2-4,7,13H,5-6,8H2,1H3;1H. The van der Waals surface area contributed by atoms with Crippen molar-refractivity contribution in [3.05, 3.63) is 34.9 Å². The summed E-state index contributed by atoms with van der Waals surface area (Å²) in [5.74, 6) is 0. The van der Waals surface area contributed by atoms with Crippen molar-refractivity contribution in [1.82, 2.24) is 5.32 Å². The van der Waals surface area contributed by atoms with Crippen LogP contribution in [-0.2, 0) is 11.2 Å². The molecule has 0 radical (unpaired) electrons. The van der Waals surface area contributed by atoms with E-state index >= 15 is 0 Å². The summed E-state index contributed by atoms with van der Waals surface area (Å²) < 4.78 is 5.63. The Balaban J connectivity index is 0.00000112. The summed E-state index contributed by atoms with van der Waals surface area (Å²) in [6.07, 6.45) is 0.855. The lowest BCUT2D eigenvalue weighted by molar-refractivity contribution is 0.00702. The molecule has 1 aliphatic rings. The van der Waals surface area contributed by atoms with Crippen molar-refractivity contribution in [1.29, 1.82) is 0 Å². The van der Waals surface area contributed by atoms with Gasteiger partial charge < -0.3 is 4.74 Å². The molecular weight excluding hydrogens is 233 g/mol. The zero-order valence-corrected chi connectivity index (χ0v) is 10.2. The van der Waals surface area contributed by atoms with E-state index in [0.717, 1.165) is 24.6 Å². The zero-order chi connectivity index (χ0) is 10.0. The summed E-state index contributed by atoms with van der Waals surface area (Å²) >= 11 is 5.91. The minimum absolute atomic E-state index is 0. The van der Waals surface area contributed by atoms with E-state index < -0.39 is 0 Å². The third-order valence-electron chi connectivity index (χ3n) is 2.45. The molecule has 2 rings (SSSR count). The maximum absolute atomic E-state index is 5.91. The Bertz CT molecular complexity index is 324. The van der Waals surface area contributed by atoms with Crippen LogP contribution < -0.4 is 5.32 Å². The van der Waals surface area contributed by atoms with Crippen molar-refractivity contribution in [2.75, 3.05) is 13.2 Å². The van der Waals surface area contributed by atoms with Gasteiger partial charge in [0.15, 0.2) is 0 Å². The first-order valence-electron chi connectivity index (χ1n) is 4.81. The van der Waals surface area contributed by atoms with Gasteiger partial charge in [-0.15, -0.1) is 12.4 Å². The van der Waals surface area contributed by atoms with Gasteiger partial charge in [0, 0.05) is 18.0 Å². The SMILES string of the molecule is CC1(Cc2cccc(Cl)c2)NCCO1.Cl. The first-order chi connectivity index (χ1) is 6.68. The van der Waals surface area contributed by atoms with E-state index in [4.69, 9.17) is 16.3 Å². The molecule has 1 aromatic carbocycles. The molecule has 0 saturated carbocycles. The Morgan fingerprint density at radius 3 is 2.93 bits per heavy atom. The summed E-state index contributed by atoms with van der Waals surface area (Å²) in [5, 5.41) is 4.12. The van der Waals surface area contributed by atoms with Crippen LogP contribution in [0.25, 0.3) is 0 Å². The van der Waals surface area contributed by atoms with Gasteiger partial charge in [0.2, 0.25) is 0 Å². The minimum Gasteiger partial charge on any atom is -0.359 e. The second-order valence-electron chi connectivity index (χ2n) is 3.81.